The molecule has 8 heteroatoms. The molecule has 0 saturated carbocycles. The number of halogens is 1. The monoisotopic (exact) mass is 427 g/mol. The van der Waals surface area contributed by atoms with E-state index in [4.69, 9.17) is 5.84 Å². The normalized spacial score (nSPS) is 14.9. The molecule has 2 aromatic rings. The fourth-order valence-corrected chi connectivity index (χ4v) is 3.69. The van der Waals surface area contributed by atoms with Crippen LogP contribution in [0.15, 0.2) is 48.5 Å². The zero-order valence-electron chi connectivity index (χ0n) is 18.3. The van der Waals surface area contributed by atoms with Gasteiger partial charge in [-0.2, -0.15) is 0 Å². The van der Waals surface area contributed by atoms with Gasteiger partial charge in [-0.1, -0.05) is 24.3 Å². The van der Waals surface area contributed by atoms with Gasteiger partial charge in [-0.25, -0.2) is 15.0 Å². The third-order valence-electron chi connectivity index (χ3n) is 5.57. The van der Waals surface area contributed by atoms with Crippen molar-refractivity contribution >= 4 is 17.6 Å². The Hall–Kier alpha value is -2.97. The highest BCUT2D eigenvalue weighted by Crippen LogP contribution is 2.23. The largest absolute Gasteiger partial charge is 0.324 e. The third-order valence-corrected chi connectivity index (χ3v) is 5.57. The van der Waals surface area contributed by atoms with Crippen molar-refractivity contribution in [2.75, 3.05) is 31.1 Å². The van der Waals surface area contributed by atoms with E-state index in [0.717, 1.165) is 19.2 Å². The molecule has 1 heterocycles. The number of anilines is 1. The minimum atomic E-state index is -0.571. The van der Waals surface area contributed by atoms with Crippen molar-refractivity contribution in [3.05, 3.63) is 65.5 Å². The lowest BCUT2D eigenvalue weighted by Crippen LogP contribution is -2.57. The average Bonchev–Trinajstić information content (AvgIpc) is 2.77. The van der Waals surface area contributed by atoms with Crippen molar-refractivity contribution in [2.24, 2.45) is 5.84 Å². The van der Waals surface area contributed by atoms with Crippen LogP contribution in [0.1, 0.15) is 36.7 Å². The molecule has 3 rings (SSSR count). The summed E-state index contributed by atoms with van der Waals surface area (Å²) >= 11 is 0. The van der Waals surface area contributed by atoms with Crippen LogP contribution in [-0.2, 0) is 6.54 Å². The molecule has 0 spiro atoms. The van der Waals surface area contributed by atoms with Gasteiger partial charge in [-0.15, -0.1) is 0 Å². The van der Waals surface area contributed by atoms with Crippen LogP contribution in [0.4, 0.5) is 14.9 Å². The summed E-state index contributed by atoms with van der Waals surface area (Å²) in [7, 11) is 0. The molecule has 31 heavy (non-hydrogen) atoms. The highest BCUT2D eigenvalue weighted by molar-refractivity contribution is 5.94. The van der Waals surface area contributed by atoms with Gasteiger partial charge in [0.1, 0.15) is 5.82 Å². The topological polar surface area (TPSA) is 81.9 Å². The quantitative estimate of drug-likeness (QED) is 0.447. The number of carbonyl (C=O) groups is 2. The van der Waals surface area contributed by atoms with Gasteiger partial charge in [0.25, 0.3) is 5.91 Å². The van der Waals surface area contributed by atoms with Crippen LogP contribution < -0.4 is 16.2 Å². The molecule has 0 aliphatic carbocycles. The van der Waals surface area contributed by atoms with Crippen molar-refractivity contribution in [1.29, 1.82) is 0 Å². The number of nitrogens with one attached hydrogen (secondary N) is 1. The number of carbonyl (C=O) groups excluding carboxylic acids is 2. The van der Waals surface area contributed by atoms with Gasteiger partial charge in [0.15, 0.2) is 0 Å². The summed E-state index contributed by atoms with van der Waals surface area (Å²) in [4.78, 5) is 30.8. The number of nitrogens with zero attached hydrogens (tertiary/aromatic N) is 3. The molecule has 1 aliphatic heterocycles. The Bertz CT molecular complexity index is 921. The third kappa shape index (κ3) is 5.39. The molecule has 1 aliphatic rings. The minimum absolute atomic E-state index is 0.0505. The van der Waals surface area contributed by atoms with Gasteiger partial charge < -0.3 is 4.90 Å². The molecule has 0 bridgehead atoms. The van der Waals surface area contributed by atoms with Crippen LogP contribution in [0.5, 0.6) is 0 Å². The molecule has 166 valence electrons. The molecule has 1 fully saturated rings. The summed E-state index contributed by atoms with van der Waals surface area (Å²) in [5.41, 5.74) is 3.17. The van der Waals surface area contributed by atoms with Crippen molar-refractivity contribution in [3.63, 3.8) is 0 Å². The standard InChI is InChI=1S/C23H30FN5O2/c1-23(2,3)28-13-11-27(12-14-28)22(31)29(19-7-5-4-6-8-19)16-18-10-9-17(15-20(18)24)21(30)26-25/h4-10,15H,11-14,16,25H2,1-3H3,(H,26,30). The molecule has 3 amide bonds. The van der Waals surface area contributed by atoms with E-state index in [1.165, 1.54) is 12.1 Å². The molecule has 2 aromatic carbocycles. The molecular formula is C23H30FN5O2. The Morgan fingerprint density at radius 3 is 2.26 bits per heavy atom. The van der Waals surface area contributed by atoms with Crippen LogP contribution in [0.3, 0.4) is 0 Å². The van der Waals surface area contributed by atoms with Crippen LogP contribution >= 0.6 is 0 Å². The van der Waals surface area contributed by atoms with Crippen LogP contribution in [0.25, 0.3) is 0 Å². The Kier molecular flexibility index (Phi) is 6.92. The highest BCUT2D eigenvalue weighted by Gasteiger charge is 2.30. The van der Waals surface area contributed by atoms with Crippen molar-refractivity contribution in [1.82, 2.24) is 15.2 Å². The number of amides is 3. The summed E-state index contributed by atoms with van der Waals surface area (Å²) in [6.45, 7) is 9.34. The summed E-state index contributed by atoms with van der Waals surface area (Å²) in [6, 6.07) is 13.2. The highest BCUT2D eigenvalue weighted by atomic mass is 19.1. The number of benzene rings is 2. The van der Waals surface area contributed by atoms with E-state index in [0.29, 0.717) is 24.3 Å². The maximum absolute atomic E-state index is 14.7. The first-order chi connectivity index (χ1) is 14.7. The lowest BCUT2D eigenvalue weighted by atomic mass is 10.1. The number of nitrogen functional groups attached to an aromatic ring is 1. The lowest BCUT2D eigenvalue weighted by Gasteiger charge is -2.43. The van der Waals surface area contributed by atoms with Gasteiger partial charge >= 0.3 is 6.03 Å². The second kappa shape index (κ2) is 9.45. The molecule has 0 atom stereocenters. The Balaban J connectivity index is 1.82. The van der Waals surface area contributed by atoms with Crippen LogP contribution in [-0.4, -0.2) is 53.5 Å². The van der Waals surface area contributed by atoms with Gasteiger partial charge in [-0.05, 0) is 45.0 Å². The van der Waals surface area contributed by atoms with E-state index >= 15 is 0 Å². The fraction of sp³-hybridized carbons (Fsp3) is 0.391. The molecule has 0 aromatic heterocycles. The lowest BCUT2D eigenvalue weighted by molar-refractivity contribution is 0.0758. The molecule has 0 unspecified atom stereocenters. The first kappa shape index (κ1) is 22.7. The predicted molar refractivity (Wildman–Crippen MR) is 119 cm³/mol. The van der Waals surface area contributed by atoms with Crippen molar-refractivity contribution in [3.8, 4) is 0 Å². The van der Waals surface area contributed by atoms with E-state index in [-0.39, 0.29) is 23.7 Å². The smallest absolute Gasteiger partial charge is 0.322 e. The van der Waals surface area contributed by atoms with Gasteiger partial charge in [0.2, 0.25) is 0 Å². The van der Waals surface area contributed by atoms with E-state index in [9.17, 15) is 14.0 Å². The number of urea groups is 1. The summed E-state index contributed by atoms with van der Waals surface area (Å²) in [5, 5.41) is 0. The number of hydrogen-bond donors (Lipinski definition) is 2. The summed E-state index contributed by atoms with van der Waals surface area (Å²) in [5.74, 6) is 3.99. The maximum Gasteiger partial charge on any atom is 0.324 e. The second-order valence-corrected chi connectivity index (χ2v) is 8.63. The number of para-hydroxylation sites is 1. The first-order valence-corrected chi connectivity index (χ1v) is 10.4. The number of hydrazine groups is 1. The zero-order chi connectivity index (χ0) is 22.6. The number of piperazine rings is 1. The van der Waals surface area contributed by atoms with Crippen LogP contribution in [0.2, 0.25) is 0 Å². The van der Waals surface area contributed by atoms with Gasteiger partial charge in [0, 0.05) is 48.5 Å². The molecule has 1 saturated heterocycles. The maximum atomic E-state index is 14.7. The molecule has 7 nitrogen and oxygen atoms in total. The van der Waals surface area contributed by atoms with Crippen LogP contribution in [0, 0.1) is 5.82 Å². The fourth-order valence-electron chi connectivity index (χ4n) is 3.69. The van der Waals surface area contributed by atoms with Crippen molar-refractivity contribution < 1.29 is 14.0 Å². The van der Waals surface area contributed by atoms with Gasteiger partial charge in [0.05, 0.1) is 6.54 Å². The average molecular weight is 428 g/mol. The molecular weight excluding hydrogens is 397 g/mol. The summed E-state index contributed by atoms with van der Waals surface area (Å²) in [6.07, 6.45) is 0. The molecule has 0 radical (unpaired) electrons. The minimum Gasteiger partial charge on any atom is -0.322 e. The number of rotatable bonds is 4. The van der Waals surface area contributed by atoms with Gasteiger partial charge in [-0.3, -0.25) is 20.0 Å². The van der Waals surface area contributed by atoms with E-state index in [2.05, 4.69) is 25.7 Å². The van der Waals surface area contributed by atoms with E-state index in [1.807, 2.05) is 40.7 Å². The SMILES string of the molecule is CC(C)(C)N1CCN(C(=O)N(Cc2ccc(C(=O)NN)cc2F)c2ccccc2)CC1. The van der Waals surface area contributed by atoms with Crippen molar-refractivity contribution in [2.45, 2.75) is 32.9 Å². The number of hydrogen-bond acceptors (Lipinski definition) is 4. The second-order valence-electron chi connectivity index (χ2n) is 8.63. The summed E-state index contributed by atoms with van der Waals surface area (Å²) < 4.78 is 14.7. The van der Waals surface area contributed by atoms with E-state index < -0.39 is 11.7 Å². The van der Waals surface area contributed by atoms with E-state index in [1.54, 1.807) is 4.90 Å². The Labute approximate surface area is 182 Å². The predicted octanol–water partition coefficient (Wildman–Crippen LogP) is 2.97. The first-order valence-electron chi connectivity index (χ1n) is 10.4. The Morgan fingerprint density at radius 1 is 1.06 bits per heavy atom. The Morgan fingerprint density at radius 2 is 1.71 bits per heavy atom. The zero-order valence-corrected chi connectivity index (χ0v) is 18.3. The number of nitrogens with two attached hydrogens (primary N) is 1. The molecule has 3 N–H and O–H groups in total.